The van der Waals surface area contributed by atoms with Gasteiger partial charge in [-0.15, -0.1) is 0 Å². The first-order valence-electron chi connectivity index (χ1n) is 5.61. The third kappa shape index (κ3) is 3.10. The second kappa shape index (κ2) is 5.40. The molecule has 0 saturated heterocycles. The molecular weight excluding hydrogens is 336 g/mol. The molecule has 0 spiro atoms. The Balaban J connectivity index is 2.46. The van der Waals surface area contributed by atoms with Crippen LogP contribution >= 0.6 is 15.9 Å². The normalized spacial score (nSPS) is 11.4. The lowest BCUT2D eigenvalue weighted by Gasteiger charge is -2.13. The van der Waals surface area contributed by atoms with Crippen LogP contribution in [-0.4, -0.2) is 0 Å². The fraction of sp³-hybridized carbons (Fsp3) is 0.0667. The van der Waals surface area contributed by atoms with Crippen LogP contribution in [0.4, 0.5) is 17.6 Å². The molecule has 2 rings (SSSR count). The van der Waals surface area contributed by atoms with Crippen molar-refractivity contribution in [3.63, 3.8) is 0 Å². The molecule has 0 nitrogen and oxygen atoms in total. The van der Waals surface area contributed by atoms with Crippen LogP contribution in [0, 0.1) is 5.82 Å². The first kappa shape index (κ1) is 14.8. The molecule has 2 aromatic rings. The molecule has 0 unspecified atom stereocenters. The van der Waals surface area contributed by atoms with Crippen LogP contribution in [0.1, 0.15) is 16.7 Å². The van der Waals surface area contributed by atoms with Crippen LogP contribution in [-0.2, 0) is 6.18 Å². The number of hydrogen-bond acceptors (Lipinski definition) is 0. The Morgan fingerprint density at radius 1 is 1.00 bits per heavy atom. The minimum absolute atomic E-state index is 0.325. The smallest absolute Gasteiger partial charge is 0.207 e. The molecule has 0 aliphatic rings. The first-order valence-corrected chi connectivity index (χ1v) is 6.40. The van der Waals surface area contributed by atoms with E-state index in [0.29, 0.717) is 21.2 Å². The average molecular weight is 345 g/mol. The third-order valence-corrected chi connectivity index (χ3v) is 3.50. The summed E-state index contributed by atoms with van der Waals surface area (Å²) in [6, 6.07) is 8.77. The maximum Gasteiger partial charge on any atom is 0.416 e. The summed E-state index contributed by atoms with van der Waals surface area (Å²) >= 11 is 3.21. The lowest BCUT2D eigenvalue weighted by atomic mass is 9.98. The summed E-state index contributed by atoms with van der Waals surface area (Å²) in [6.45, 7) is 3.79. The Morgan fingerprint density at radius 3 is 2.15 bits per heavy atom. The largest absolute Gasteiger partial charge is 0.416 e. The van der Waals surface area contributed by atoms with Crippen molar-refractivity contribution in [2.45, 2.75) is 6.18 Å². The number of benzene rings is 2. The molecule has 0 heterocycles. The van der Waals surface area contributed by atoms with Gasteiger partial charge in [0, 0.05) is 4.47 Å². The van der Waals surface area contributed by atoms with E-state index in [0.717, 1.165) is 12.1 Å². The number of alkyl halides is 3. The van der Waals surface area contributed by atoms with Gasteiger partial charge in [0.25, 0.3) is 0 Å². The highest BCUT2D eigenvalue weighted by Crippen LogP contribution is 2.35. The standard InChI is InChI=1S/C15H9BrF4/c1-9(10-2-5-12(17)6-3-10)13-8-11(15(18,19)20)4-7-14(13)16/h2-8H,1H2. The van der Waals surface area contributed by atoms with E-state index in [1.165, 1.54) is 30.3 Å². The van der Waals surface area contributed by atoms with Gasteiger partial charge in [-0.3, -0.25) is 0 Å². The average Bonchev–Trinajstić information content (AvgIpc) is 2.38. The van der Waals surface area contributed by atoms with Crippen molar-refractivity contribution < 1.29 is 17.6 Å². The monoisotopic (exact) mass is 344 g/mol. The molecule has 0 aliphatic carbocycles. The summed E-state index contributed by atoms with van der Waals surface area (Å²) in [5.74, 6) is -0.412. The van der Waals surface area contributed by atoms with Crippen molar-refractivity contribution in [1.82, 2.24) is 0 Å². The van der Waals surface area contributed by atoms with E-state index < -0.39 is 17.6 Å². The molecule has 104 valence electrons. The molecule has 0 N–H and O–H groups in total. The Hall–Kier alpha value is -1.62. The van der Waals surface area contributed by atoms with Gasteiger partial charge >= 0.3 is 6.18 Å². The van der Waals surface area contributed by atoms with Gasteiger partial charge in [-0.05, 0) is 47.0 Å². The van der Waals surface area contributed by atoms with Crippen molar-refractivity contribution in [1.29, 1.82) is 0 Å². The Kier molecular flexibility index (Phi) is 3.99. The topological polar surface area (TPSA) is 0 Å². The van der Waals surface area contributed by atoms with Crippen LogP contribution in [0.25, 0.3) is 5.57 Å². The van der Waals surface area contributed by atoms with Gasteiger partial charge in [-0.25, -0.2) is 4.39 Å². The zero-order valence-corrected chi connectivity index (χ0v) is 11.7. The second-order valence-corrected chi connectivity index (χ2v) is 5.03. The predicted octanol–water partition coefficient (Wildman–Crippen LogP) is 5.67. The highest BCUT2D eigenvalue weighted by atomic mass is 79.9. The first-order chi connectivity index (χ1) is 9.29. The number of hydrogen-bond donors (Lipinski definition) is 0. The highest BCUT2D eigenvalue weighted by Gasteiger charge is 2.31. The van der Waals surface area contributed by atoms with Crippen molar-refractivity contribution in [3.05, 3.63) is 76.0 Å². The minimum atomic E-state index is -4.42. The van der Waals surface area contributed by atoms with E-state index in [-0.39, 0.29) is 0 Å². The molecule has 0 radical (unpaired) electrons. The minimum Gasteiger partial charge on any atom is -0.207 e. The summed E-state index contributed by atoms with van der Waals surface area (Å²) in [4.78, 5) is 0. The second-order valence-electron chi connectivity index (χ2n) is 4.18. The summed E-state index contributed by atoms with van der Waals surface area (Å²) < 4.78 is 51.5. The van der Waals surface area contributed by atoms with E-state index in [2.05, 4.69) is 22.5 Å². The van der Waals surface area contributed by atoms with Crippen LogP contribution < -0.4 is 0 Å². The van der Waals surface area contributed by atoms with Gasteiger partial charge in [0.2, 0.25) is 0 Å². The van der Waals surface area contributed by atoms with E-state index in [4.69, 9.17) is 0 Å². The van der Waals surface area contributed by atoms with Crippen molar-refractivity contribution in [3.8, 4) is 0 Å². The van der Waals surface area contributed by atoms with Crippen LogP contribution in [0.2, 0.25) is 0 Å². The lowest BCUT2D eigenvalue weighted by Crippen LogP contribution is -2.05. The van der Waals surface area contributed by atoms with Gasteiger partial charge in [-0.2, -0.15) is 13.2 Å². The van der Waals surface area contributed by atoms with Crippen molar-refractivity contribution >= 4 is 21.5 Å². The molecule has 5 heteroatoms. The Bertz CT molecular complexity index is 642. The van der Waals surface area contributed by atoms with Gasteiger partial charge in [-0.1, -0.05) is 34.6 Å². The van der Waals surface area contributed by atoms with E-state index >= 15 is 0 Å². The molecule has 20 heavy (non-hydrogen) atoms. The van der Waals surface area contributed by atoms with Gasteiger partial charge in [0.1, 0.15) is 5.82 Å². The van der Waals surface area contributed by atoms with Crippen LogP contribution in [0.5, 0.6) is 0 Å². The zero-order valence-electron chi connectivity index (χ0n) is 10.1. The van der Waals surface area contributed by atoms with E-state index in [1.54, 1.807) is 0 Å². The molecule has 0 saturated carbocycles. The van der Waals surface area contributed by atoms with E-state index in [9.17, 15) is 17.6 Å². The highest BCUT2D eigenvalue weighted by molar-refractivity contribution is 9.10. The number of rotatable bonds is 2. The maximum atomic E-state index is 12.9. The summed E-state index contributed by atoms with van der Waals surface area (Å²) in [5, 5.41) is 0. The quantitative estimate of drug-likeness (QED) is 0.616. The third-order valence-electron chi connectivity index (χ3n) is 2.81. The molecular formula is C15H9BrF4. The van der Waals surface area contributed by atoms with Crippen molar-refractivity contribution in [2.24, 2.45) is 0 Å². The molecule has 0 fully saturated rings. The van der Waals surface area contributed by atoms with Crippen molar-refractivity contribution in [2.75, 3.05) is 0 Å². The fourth-order valence-corrected chi connectivity index (χ4v) is 2.23. The molecule has 0 aromatic heterocycles. The van der Waals surface area contributed by atoms with Crippen LogP contribution in [0.15, 0.2) is 53.5 Å². The van der Waals surface area contributed by atoms with E-state index in [1.807, 2.05) is 0 Å². The summed E-state index contributed by atoms with van der Waals surface area (Å²) in [6.07, 6.45) is -4.42. The summed E-state index contributed by atoms with van der Waals surface area (Å²) in [7, 11) is 0. The molecule has 0 amide bonds. The fourth-order valence-electron chi connectivity index (χ4n) is 1.74. The van der Waals surface area contributed by atoms with Crippen LogP contribution in [0.3, 0.4) is 0 Å². The van der Waals surface area contributed by atoms with Gasteiger partial charge in [0.15, 0.2) is 0 Å². The predicted molar refractivity (Wildman–Crippen MR) is 73.7 cm³/mol. The van der Waals surface area contributed by atoms with Gasteiger partial charge < -0.3 is 0 Å². The molecule has 0 aliphatic heterocycles. The SMILES string of the molecule is C=C(c1ccc(F)cc1)c1cc(C(F)(F)F)ccc1Br. The maximum absolute atomic E-state index is 12.9. The van der Waals surface area contributed by atoms with Gasteiger partial charge in [0.05, 0.1) is 5.56 Å². The Labute approximate surface area is 121 Å². The Morgan fingerprint density at radius 2 is 1.60 bits per heavy atom. The molecule has 0 atom stereocenters. The zero-order chi connectivity index (χ0) is 14.9. The summed E-state index contributed by atoms with van der Waals surface area (Å²) in [5.41, 5.74) is 0.528. The molecule has 0 bridgehead atoms. The molecule has 2 aromatic carbocycles. The lowest BCUT2D eigenvalue weighted by molar-refractivity contribution is -0.137. The number of halogens is 5.